The number of hydrogen-bond donors (Lipinski definition) is 1. The first-order valence-electron chi connectivity index (χ1n) is 14.5. The van der Waals surface area contributed by atoms with Gasteiger partial charge in [0.05, 0.1) is 18.2 Å². The number of piperidine rings is 2. The van der Waals surface area contributed by atoms with E-state index in [-0.39, 0.29) is 5.92 Å². The van der Waals surface area contributed by atoms with Gasteiger partial charge in [0.2, 0.25) is 5.88 Å². The molecule has 0 aliphatic carbocycles. The number of fused-ring (bicyclic) bond motifs is 1. The van der Waals surface area contributed by atoms with Gasteiger partial charge in [0.25, 0.3) is 0 Å². The quantitative estimate of drug-likeness (QED) is 0.232. The molecule has 0 spiro atoms. The highest BCUT2D eigenvalue weighted by atomic mass is 79.9. The van der Waals surface area contributed by atoms with Crippen LogP contribution in [0.25, 0.3) is 10.9 Å². The largest absolute Gasteiger partial charge is 0.481 e. The summed E-state index contributed by atoms with van der Waals surface area (Å²) in [7, 11) is 1.66. The van der Waals surface area contributed by atoms with Gasteiger partial charge in [-0.15, -0.1) is 0 Å². The number of benzene rings is 3. The summed E-state index contributed by atoms with van der Waals surface area (Å²) < 4.78 is 6.83. The van der Waals surface area contributed by atoms with Crippen LogP contribution in [0.15, 0.2) is 83.3 Å². The first-order valence-corrected chi connectivity index (χ1v) is 15.7. The Bertz CT molecular complexity index is 1470. The molecule has 214 valence electrons. The maximum absolute atomic E-state index is 12.4. The predicted molar refractivity (Wildman–Crippen MR) is 170 cm³/mol. The fraction of sp³-hybridized carbons (Fsp3) is 0.382. The van der Waals surface area contributed by atoms with Gasteiger partial charge in [-0.25, -0.2) is 4.98 Å². The number of rotatable bonds is 7. The fourth-order valence-electron chi connectivity index (χ4n) is 6.80. The van der Waals surface area contributed by atoms with Crippen LogP contribution in [0.4, 0.5) is 0 Å². The van der Waals surface area contributed by atoms with E-state index in [4.69, 9.17) is 21.3 Å². The molecule has 2 aliphatic heterocycles. The normalized spacial score (nSPS) is 19.3. The van der Waals surface area contributed by atoms with E-state index >= 15 is 0 Å². The van der Waals surface area contributed by atoms with Gasteiger partial charge in [-0.3, -0.25) is 4.90 Å². The fourth-order valence-corrected chi connectivity index (χ4v) is 7.30. The average Bonchev–Trinajstić information content (AvgIpc) is 2.99. The minimum absolute atomic E-state index is 0.291. The highest BCUT2D eigenvalue weighted by Gasteiger charge is 2.44. The van der Waals surface area contributed by atoms with Gasteiger partial charge in [-0.2, -0.15) is 0 Å². The number of nitrogens with zero attached hydrogens (tertiary/aromatic N) is 3. The van der Waals surface area contributed by atoms with Crippen LogP contribution in [-0.4, -0.2) is 64.8 Å². The first kappa shape index (κ1) is 28.6. The number of pyridine rings is 1. The van der Waals surface area contributed by atoms with Crippen LogP contribution in [0.3, 0.4) is 0 Å². The number of hydrogen-bond acceptors (Lipinski definition) is 5. The summed E-state index contributed by atoms with van der Waals surface area (Å²) >= 11 is 9.89. The highest BCUT2D eigenvalue weighted by Crippen LogP contribution is 2.45. The summed E-state index contributed by atoms with van der Waals surface area (Å²) in [5.41, 5.74) is 3.24. The van der Waals surface area contributed by atoms with Crippen molar-refractivity contribution in [2.75, 3.05) is 33.3 Å². The molecule has 1 N–H and O–H groups in total. The molecule has 3 heterocycles. The molecule has 2 fully saturated rings. The first-order chi connectivity index (χ1) is 19.9. The number of aliphatic hydroxyl groups is 1. The van der Waals surface area contributed by atoms with E-state index in [2.05, 4.69) is 68.2 Å². The second-order valence-electron chi connectivity index (χ2n) is 11.5. The van der Waals surface area contributed by atoms with E-state index in [1.807, 2.05) is 36.4 Å². The molecule has 4 aromatic rings. The molecule has 5 nitrogen and oxygen atoms in total. The molecular formula is C34H37BrClN3O2. The molecule has 6 rings (SSSR count). The zero-order valence-corrected chi connectivity index (χ0v) is 25.8. The second-order valence-corrected chi connectivity index (χ2v) is 12.9. The van der Waals surface area contributed by atoms with Gasteiger partial charge in [0.1, 0.15) is 0 Å². The number of methoxy groups -OCH3 is 1. The van der Waals surface area contributed by atoms with Gasteiger partial charge in [-0.1, -0.05) is 70.0 Å². The molecule has 2 aliphatic rings. The molecule has 2 saturated heterocycles. The molecular weight excluding hydrogens is 598 g/mol. The Labute approximate surface area is 256 Å². The molecule has 1 unspecified atom stereocenters. The zero-order chi connectivity index (χ0) is 28.4. The lowest BCUT2D eigenvalue weighted by molar-refractivity contribution is -0.0489. The van der Waals surface area contributed by atoms with Crippen LogP contribution >= 0.6 is 27.5 Å². The van der Waals surface area contributed by atoms with Gasteiger partial charge < -0.3 is 14.7 Å². The molecule has 0 saturated carbocycles. The van der Waals surface area contributed by atoms with E-state index in [0.717, 1.165) is 59.2 Å². The third-order valence-electron chi connectivity index (χ3n) is 9.00. The van der Waals surface area contributed by atoms with Crippen molar-refractivity contribution in [2.45, 2.75) is 49.8 Å². The van der Waals surface area contributed by atoms with Crippen molar-refractivity contribution in [1.29, 1.82) is 0 Å². The minimum atomic E-state index is -0.938. The lowest BCUT2D eigenvalue weighted by Crippen LogP contribution is -2.53. The van der Waals surface area contributed by atoms with Crippen molar-refractivity contribution in [1.82, 2.24) is 14.8 Å². The standard InChI is InChI=1S/C34H37BrClN3O2/c1-41-33-30(22-26-21-27(35)9-12-31(26)37-33)32(25-7-10-28(36)11-8-25)34(40)15-19-39(20-16-34)29-13-17-38(18-14-29)23-24-5-3-2-4-6-24/h2-12,21-22,29,32,40H,13-20,23H2,1H3. The topological polar surface area (TPSA) is 48.8 Å². The molecule has 7 heteroatoms. The Morgan fingerprint density at radius 1 is 0.976 bits per heavy atom. The number of likely N-dealkylation sites (tertiary alicyclic amines) is 2. The maximum Gasteiger partial charge on any atom is 0.217 e. The zero-order valence-electron chi connectivity index (χ0n) is 23.5. The summed E-state index contributed by atoms with van der Waals surface area (Å²) in [6.45, 7) is 5.00. The summed E-state index contributed by atoms with van der Waals surface area (Å²) in [5.74, 6) is 0.266. The Balaban J connectivity index is 1.22. The average molecular weight is 635 g/mol. The van der Waals surface area contributed by atoms with Crippen LogP contribution in [0, 0.1) is 0 Å². The number of aromatic nitrogens is 1. The minimum Gasteiger partial charge on any atom is -0.481 e. The van der Waals surface area contributed by atoms with Gasteiger partial charge in [0, 0.05) is 52.0 Å². The summed E-state index contributed by atoms with van der Waals surface area (Å²) in [6, 6.07) is 27.4. The second kappa shape index (κ2) is 12.4. The van der Waals surface area contributed by atoms with E-state index in [1.54, 1.807) is 7.11 Å². The van der Waals surface area contributed by atoms with Gasteiger partial charge in [0.15, 0.2) is 0 Å². The van der Waals surface area contributed by atoms with Crippen molar-refractivity contribution >= 4 is 38.4 Å². The van der Waals surface area contributed by atoms with Crippen LogP contribution in [0.5, 0.6) is 5.88 Å². The third-order valence-corrected chi connectivity index (χ3v) is 9.75. The van der Waals surface area contributed by atoms with Gasteiger partial charge >= 0.3 is 0 Å². The molecule has 0 amide bonds. The van der Waals surface area contributed by atoms with E-state index < -0.39 is 5.60 Å². The van der Waals surface area contributed by atoms with Crippen molar-refractivity contribution in [3.8, 4) is 5.88 Å². The lowest BCUT2D eigenvalue weighted by atomic mass is 9.72. The van der Waals surface area contributed by atoms with E-state index in [9.17, 15) is 5.11 Å². The van der Waals surface area contributed by atoms with Crippen LogP contribution in [0.2, 0.25) is 5.02 Å². The van der Waals surface area contributed by atoms with Crippen LogP contribution < -0.4 is 4.74 Å². The molecule has 0 radical (unpaired) electrons. The molecule has 41 heavy (non-hydrogen) atoms. The highest BCUT2D eigenvalue weighted by molar-refractivity contribution is 9.10. The Morgan fingerprint density at radius 3 is 2.37 bits per heavy atom. The molecule has 0 bridgehead atoms. The van der Waals surface area contributed by atoms with Crippen molar-refractivity contribution in [2.24, 2.45) is 0 Å². The van der Waals surface area contributed by atoms with Crippen LogP contribution in [-0.2, 0) is 6.54 Å². The van der Waals surface area contributed by atoms with Crippen LogP contribution in [0.1, 0.15) is 48.3 Å². The summed E-state index contributed by atoms with van der Waals surface area (Å²) in [5, 5.41) is 14.1. The Morgan fingerprint density at radius 2 is 1.68 bits per heavy atom. The van der Waals surface area contributed by atoms with Crippen molar-refractivity contribution in [3.05, 3.63) is 105 Å². The summed E-state index contributed by atoms with van der Waals surface area (Å²) in [4.78, 5) is 10.0. The maximum atomic E-state index is 12.4. The van der Waals surface area contributed by atoms with Gasteiger partial charge in [-0.05, 0) is 86.3 Å². The number of ether oxygens (including phenoxy) is 1. The molecule has 1 aromatic heterocycles. The third kappa shape index (κ3) is 6.32. The molecule has 1 atom stereocenters. The predicted octanol–water partition coefficient (Wildman–Crippen LogP) is 7.28. The summed E-state index contributed by atoms with van der Waals surface area (Å²) in [6.07, 6.45) is 3.71. The Hall–Kier alpha value is -2.48. The number of halogens is 2. The lowest BCUT2D eigenvalue weighted by Gasteiger charge is -2.47. The van der Waals surface area contributed by atoms with Crippen molar-refractivity contribution in [3.63, 3.8) is 0 Å². The molecule has 3 aromatic carbocycles. The van der Waals surface area contributed by atoms with E-state index in [1.165, 1.54) is 18.4 Å². The Kier molecular flexibility index (Phi) is 8.66. The van der Waals surface area contributed by atoms with Crippen molar-refractivity contribution < 1.29 is 9.84 Å². The van der Waals surface area contributed by atoms with E-state index in [0.29, 0.717) is 29.8 Å². The SMILES string of the molecule is COc1nc2ccc(Br)cc2cc1C(c1ccc(Cl)cc1)C1(O)CCN(C2CCN(Cc3ccccc3)CC2)CC1. The smallest absolute Gasteiger partial charge is 0.217 e. The monoisotopic (exact) mass is 633 g/mol.